The summed E-state index contributed by atoms with van der Waals surface area (Å²) in [6.45, 7) is 2.23. The average molecular weight is 259 g/mol. The zero-order chi connectivity index (χ0) is 13.8. The third kappa shape index (κ3) is 2.85. The Morgan fingerprint density at radius 2 is 2.00 bits per heavy atom. The van der Waals surface area contributed by atoms with E-state index in [2.05, 4.69) is 0 Å². The Morgan fingerprint density at radius 3 is 2.68 bits per heavy atom. The van der Waals surface area contributed by atoms with Crippen molar-refractivity contribution in [2.24, 2.45) is 0 Å². The molecular weight excluding hydrogens is 242 g/mol. The van der Waals surface area contributed by atoms with Crippen LogP contribution in [0.5, 0.6) is 0 Å². The highest BCUT2D eigenvalue weighted by atomic mass is 16.4. The molecule has 0 aliphatic rings. The Bertz CT molecular complexity index is 574. The molecule has 0 spiro atoms. The second-order valence-electron chi connectivity index (χ2n) is 4.43. The van der Waals surface area contributed by atoms with Crippen LogP contribution in [-0.2, 0) is 0 Å². The van der Waals surface area contributed by atoms with Crippen LogP contribution in [0, 0.1) is 6.92 Å². The maximum Gasteiger partial charge on any atom is 0.289 e. The van der Waals surface area contributed by atoms with E-state index in [0.29, 0.717) is 12.3 Å². The Balaban J connectivity index is 2.25. The first kappa shape index (κ1) is 13.4. The van der Waals surface area contributed by atoms with Gasteiger partial charge in [-0.25, -0.2) is 0 Å². The fraction of sp³-hybridized carbons (Fsp3) is 0.267. The van der Waals surface area contributed by atoms with E-state index in [1.165, 1.54) is 4.90 Å². The molecule has 19 heavy (non-hydrogen) atoms. The van der Waals surface area contributed by atoms with Crippen molar-refractivity contribution in [1.82, 2.24) is 4.90 Å². The molecule has 1 N–H and O–H groups in total. The smallest absolute Gasteiger partial charge is 0.289 e. The molecule has 0 aliphatic heterocycles. The maximum atomic E-state index is 12.0. The van der Waals surface area contributed by atoms with Crippen LogP contribution in [0.4, 0.5) is 0 Å². The lowest BCUT2D eigenvalue weighted by Crippen LogP contribution is -2.29. The molecule has 2 aromatic rings. The minimum Gasteiger partial charge on any atom is -0.451 e. The molecule has 100 valence electrons. The summed E-state index contributed by atoms with van der Waals surface area (Å²) in [7, 11) is 1.63. The number of carbonyl (C=O) groups is 1. The lowest BCUT2D eigenvalue weighted by molar-refractivity contribution is 0.0736. The van der Waals surface area contributed by atoms with E-state index in [4.69, 9.17) is 9.52 Å². The van der Waals surface area contributed by atoms with Gasteiger partial charge in [0.1, 0.15) is 5.76 Å². The summed E-state index contributed by atoms with van der Waals surface area (Å²) in [4.78, 5) is 13.4. The third-order valence-electron chi connectivity index (χ3n) is 3.01. The first-order valence-electron chi connectivity index (χ1n) is 6.15. The van der Waals surface area contributed by atoms with Gasteiger partial charge in [-0.1, -0.05) is 24.3 Å². The molecule has 0 atom stereocenters. The number of aliphatic hydroxyl groups excluding tert-OH is 1. The number of nitrogens with zero attached hydrogens (tertiary/aromatic N) is 1. The predicted molar refractivity (Wildman–Crippen MR) is 72.9 cm³/mol. The van der Waals surface area contributed by atoms with Crippen molar-refractivity contribution in [2.75, 3.05) is 20.2 Å². The first-order chi connectivity index (χ1) is 9.13. The molecule has 0 saturated carbocycles. The normalized spacial score (nSPS) is 10.5. The van der Waals surface area contributed by atoms with Gasteiger partial charge in [-0.3, -0.25) is 4.79 Å². The number of rotatable bonds is 4. The summed E-state index contributed by atoms with van der Waals surface area (Å²) in [5.41, 5.74) is 2.07. The van der Waals surface area contributed by atoms with Crippen LogP contribution in [0.15, 0.2) is 40.8 Å². The third-order valence-corrected chi connectivity index (χ3v) is 3.01. The number of hydrogen-bond acceptors (Lipinski definition) is 3. The van der Waals surface area contributed by atoms with Crippen molar-refractivity contribution in [2.45, 2.75) is 6.92 Å². The SMILES string of the molecule is Cc1ccccc1-c1ccc(C(=O)N(C)CCO)o1. The van der Waals surface area contributed by atoms with Gasteiger partial charge in [0.05, 0.1) is 6.61 Å². The van der Waals surface area contributed by atoms with Crippen LogP contribution >= 0.6 is 0 Å². The van der Waals surface area contributed by atoms with E-state index in [9.17, 15) is 4.79 Å². The van der Waals surface area contributed by atoms with Crippen molar-refractivity contribution in [3.63, 3.8) is 0 Å². The Morgan fingerprint density at radius 1 is 1.26 bits per heavy atom. The molecule has 0 unspecified atom stereocenters. The van der Waals surface area contributed by atoms with Gasteiger partial charge < -0.3 is 14.4 Å². The highest BCUT2D eigenvalue weighted by molar-refractivity contribution is 5.92. The molecule has 4 nitrogen and oxygen atoms in total. The summed E-state index contributed by atoms with van der Waals surface area (Å²) in [5, 5.41) is 8.83. The van der Waals surface area contributed by atoms with Gasteiger partial charge in [-0.15, -0.1) is 0 Å². The van der Waals surface area contributed by atoms with E-state index < -0.39 is 0 Å². The molecule has 0 radical (unpaired) electrons. The van der Waals surface area contributed by atoms with Crippen molar-refractivity contribution >= 4 is 5.91 Å². The molecule has 0 aliphatic carbocycles. The van der Waals surface area contributed by atoms with Gasteiger partial charge in [-0.2, -0.15) is 0 Å². The summed E-state index contributed by atoms with van der Waals surface area (Å²) in [6.07, 6.45) is 0. The summed E-state index contributed by atoms with van der Waals surface area (Å²) < 4.78 is 5.61. The fourth-order valence-electron chi connectivity index (χ4n) is 1.89. The number of aliphatic hydroxyl groups is 1. The standard InChI is InChI=1S/C15H17NO3/c1-11-5-3-4-6-12(11)13-7-8-14(19-13)15(18)16(2)9-10-17/h3-8,17H,9-10H2,1-2H3. The van der Waals surface area contributed by atoms with Gasteiger partial charge in [0.25, 0.3) is 5.91 Å². The number of benzene rings is 1. The van der Waals surface area contributed by atoms with E-state index in [1.54, 1.807) is 19.2 Å². The number of carbonyl (C=O) groups excluding carboxylic acids is 1. The lowest BCUT2D eigenvalue weighted by atomic mass is 10.1. The number of furan rings is 1. The second kappa shape index (κ2) is 5.71. The van der Waals surface area contributed by atoms with Crippen molar-refractivity contribution in [3.05, 3.63) is 47.7 Å². The van der Waals surface area contributed by atoms with Crippen LogP contribution in [-0.4, -0.2) is 36.1 Å². The first-order valence-corrected chi connectivity index (χ1v) is 6.15. The molecule has 0 saturated heterocycles. The van der Waals surface area contributed by atoms with E-state index in [-0.39, 0.29) is 18.3 Å². The van der Waals surface area contributed by atoms with Crippen molar-refractivity contribution < 1.29 is 14.3 Å². The Kier molecular flexibility index (Phi) is 4.02. The molecule has 1 aromatic heterocycles. The second-order valence-corrected chi connectivity index (χ2v) is 4.43. The summed E-state index contributed by atoms with van der Waals surface area (Å²) in [5.74, 6) is 0.738. The van der Waals surface area contributed by atoms with Crippen LogP contribution < -0.4 is 0 Å². The highest BCUT2D eigenvalue weighted by Gasteiger charge is 2.16. The minimum atomic E-state index is -0.228. The van der Waals surface area contributed by atoms with Gasteiger partial charge in [-0.05, 0) is 24.6 Å². The minimum absolute atomic E-state index is 0.0619. The number of likely N-dealkylation sites (N-methyl/N-ethyl adjacent to an activating group) is 1. The topological polar surface area (TPSA) is 53.7 Å². The summed E-state index contributed by atoms with van der Waals surface area (Å²) >= 11 is 0. The number of hydrogen-bond donors (Lipinski definition) is 1. The molecule has 0 fully saturated rings. The molecular formula is C15H17NO3. The number of aryl methyl sites for hydroxylation is 1. The maximum absolute atomic E-state index is 12.0. The Labute approximate surface area is 112 Å². The quantitative estimate of drug-likeness (QED) is 0.916. The average Bonchev–Trinajstić information content (AvgIpc) is 2.88. The van der Waals surface area contributed by atoms with Crippen molar-refractivity contribution in [3.8, 4) is 11.3 Å². The summed E-state index contributed by atoms with van der Waals surface area (Å²) in [6, 6.07) is 11.3. The largest absolute Gasteiger partial charge is 0.451 e. The zero-order valence-electron chi connectivity index (χ0n) is 11.1. The number of amides is 1. The van der Waals surface area contributed by atoms with Gasteiger partial charge >= 0.3 is 0 Å². The van der Waals surface area contributed by atoms with Gasteiger partial charge in [0.2, 0.25) is 0 Å². The molecule has 1 amide bonds. The molecule has 4 heteroatoms. The predicted octanol–water partition coefficient (Wildman–Crippen LogP) is 2.32. The highest BCUT2D eigenvalue weighted by Crippen LogP contribution is 2.25. The van der Waals surface area contributed by atoms with Crippen LogP contribution in [0.1, 0.15) is 16.1 Å². The van der Waals surface area contributed by atoms with E-state index >= 15 is 0 Å². The van der Waals surface area contributed by atoms with Gasteiger partial charge in [0, 0.05) is 19.2 Å². The fourth-order valence-corrected chi connectivity index (χ4v) is 1.89. The zero-order valence-corrected chi connectivity index (χ0v) is 11.1. The molecule has 1 aromatic carbocycles. The molecule has 1 heterocycles. The Hall–Kier alpha value is -2.07. The van der Waals surface area contributed by atoms with E-state index in [0.717, 1.165) is 11.1 Å². The lowest BCUT2D eigenvalue weighted by Gasteiger charge is -2.13. The van der Waals surface area contributed by atoms with Crippen LogP contribution in [0.3, 0.4) is 0 Å². The van der Waals surface area contributed by atoms with E-state index in [1.807, 2.05) is 31.2 Å². The van der Waals surface area contributed by atoms with Crippen molar-refractivity contribution in [1.29, 1.82) is 0 Å². The van der Waals surface area contributed by atoms with Crippen LogP contribution in [0.2, 0.25) is 0 Å². The molecule has 0 bridgehead atoms. The monoisotopic (exact) mass is 259 g/mol. The van der Waals surface area contributed by atoms with Gasteiger partial charge in [0.15, 0.2) is 5.76 Å². The van der Waals surface area contributed by atoms with Crippen LogP contribution in [0.25, 0.3) is 11.3 Å². The molecule has 2 rings (SSSR count).